The summed E-state index contributed by atoms with van der Waals surface area (Å²) in [6, 6.07) is 20.0. The van der Waals surface area contributed by atoms with Crippen LogP contribution in [0, 0.1) is 0 Å². The fourth-order valence-corrected chi connectivity index (χ4v) is 3.05. The smallest absolute Gasteiger partial charge is 0.0341 e. The van der Waals surface area contributed by atoms with E-state index in [9.17, 15) is 0 Å². The van der Waals surface area contributed by atoms with Gasteiger partial charge in [0, 0.05) is 18.3 Å². The quantitative estimate of drug-likeness (QED) is 0.900. The molecule has 21 heavy (non-hydrogen) atoms. The number of piperidine rings is 1. The van der Waals surface area contributed by atoms with E-state index in [1.165, 1.54) is 42.6 Å². The highest BCUT2D eigenvalue weighted by molar-refractivity contribution is 5.65. The van der Waals surface area contributed by atoms with Gasteiger partial charge in [-0.25, -0.2) is 0 Å². The number of nitrogens with one attached hydrogen (secondary N) is 1. The number of nitrogens with zero attached hydrogens (tertiary/aromatic N) is 1. The Balaban J connectivity index is 1.60. The van der Waals surface area contributed by atoms with Crippen LogP contribution < -0.4 is 5.32 Å². The first-order valence-electron chi connectivity index (χ1n) is 7.92. The van der Waals surface area contributed by atoms with Gasteiger partial charge in [-0.3, -0.25) is 0 Å². The molecule has 1 aliphatic heterocycles. The molecule has 1 heterocycles. The standard InChI is InChI=1S/C19H24N2/c1-21-14-6-5-9-19(21)15-20-18-12-10-17(11-13-18)16-7-3-2-4-8-16/h2-4,7-8,10-13,19-20H,5-6,9,14-15H2,1H3. The van der Waals surface area contributed by atoms with Crippen LogP contribution in [0.25, 0.3) is 11.1 Å². The Hall–Kier alpha value is -1.80. The molecule has 0 saturated carbocycles. The monoisotopic (exact) mass is 280 g/mol. The van der Waals surface area contributed by atoms with Crippen LogP contribution in [-0.4, -0.2) is 31.1 Å². The van der Waals surface area contributed by atoms with Crippen LogP contribution >= 0.6 is 0 Å². The maximum atomic E-state index is 3.58. The highest BCUT2D eigenvalue weighted by Crippen LogP contribution is 2.21. The van der Waals surface area contributed by atoms with E-state index in [2.05, 4.69) is 71.9 Å². The van der Waals surface area contributed by atoms with Crippen LogP contribution in [0.15, 0.2) is 54.6 Å². The summed E-state index contributed by atoms with van der Waals surface area (Å²) in [5.74, 6) is 0. The van der Waals surface area contributed by atoms with Gasteiger partial charge in [0.2, 0.25) is 0 Å². The van der Waals surface area contributed by atoms with Crippen LogP contribution in [0.2, 0.25) is 0 Å². The van der Waals surface area contributed by atoms with Crippen molar-refractivity contribution in [1.82, 2.24) is 4.90 Å². The molecular formula is C19H24N2. The second kappa shape index (κ2) is 6.77. The molecule has 0 spiro atoms. The van der Waals surface area contributed by atoms with Crippen molar-refractivity contribution in [2.45, 2.75) is 25.3 Å². The molecule has 110 valence electrons. The van der Waals surface area contributed by atoms with E-state index in [1.54, 1.807) is 0 Å². The molecule has 2 aromatic carbocycles. The lowest BCUT2D eigenvalue weighted by atomic mass is 10.0. The van der Waals surface area contributed by atoms with Gasteiger partial charge in [-0.1, -0.05) is 48.9 Å². The van der Waals surface area contributed by atoms with Crippen LogP contribution in [0.1, 0.15) is 19.3 Å². The number of likely N-dealkylation sites (N-methyl/N-ethyl adjacent to an activating group) is 1. The van der Waals surface area contributed by atoms with Crippen molar-refractivity contribution in [3.63, 3.8) is 0 Å². The zero-order valence-corrected chi connectivity index (χ0v) is 12.8. The highest BCUT2D eigenvalue weighted by Gasteiger charge is 2.18. The number of hydrogen-bond acceptors (Lipinski definition) is 2. The molecule has 0 aliphatic carbocycles. The molecule has 1 N–H and O–H groups in total. The van der Waals surface area contributed by atoms with Crippen molar-refractivity contribution in [1.29, 1.82) is 0 Å². The number of rotatable bonds is 4. The highest BCUT2D eigenvalue weighted by atomic mass is 15.2. The Labute approximate surface area is 127 Å². The van der Waals surface area contributed by atoms with Crippen LogP contribution in [0.4, 0.5) is 5.69 Å². The Morgan fingerprint density at radius 3 is 2.38 bits per heavy atom. The summed E-state index contributed by atoms with van der Waals surface area (Å²) in [6.45, 7) is 2.28. The van der Waals surface area contributed by atoms with E-state index in [-0.39, 0.29) is 0 Å². The maximum absolute atomic E-state index is 3.58. The van der Waals surface area contributed by atoms with E-state index >= 15 is 0 Å². The van der Waals surface area contributed by atoms with Gasteiger partial charge in [0.15, 0.2) is 0 Å². The molecule has 2 aromatic rings. The summed E-state index contributed by atoms with van der Waals surface area (Å²) in [6.07, 6.45) is 4.02. The molecule has 1 unspecified atom stereocenters. The fourth-order valence-electron chi connectivity index (χ4n) is 3.05. The van der Waals surface area contributed by atoms with Crippen molar-refractivity contribution in [2.24, 2.45) is 0 Å². The van der Waals surface area contributed by atoms with E-state index in [0.717, 1.165) is 6.54 Å². The first kappa shape index (κ1) is 14.2. The third-order valence-corrected chi connectivity index (χ3v) is 4.46. The molecule has 2 heteroatoms. The van der Waals surface area contributed by atoms with Gasteiger partial charge < -0.3 is 10.2 Å². The lowest BCUT2D eigenvalue weighted by molar-refractivity contribution is 0.194. The molecule has 3 rings (SSSR count). The average Bonchev–Trinajstić information content (AvgIpc) is 2.55. The summed E-state index contributed by atoms with van der Waals surface area (Å²) in [5, 5.41) is 3.58. The average molecular weight is 280 g/mol. The minimum Gasteiger partial charge on any atom is -0.383 e. The third-order valence-electron chi connectivity index (χ3n) is 4.46. The van der Waals surface area contributed by atoms with E-state index in [1.807, 2.05) is 0 Å². The van der Waals surface area contributed by atoms with Gasteiger partial charge in [0.25, 0.3) is 0 Å². The summed E-state index contributed by atoms with van der Waals surface area (Å²) in [4.78, 5) is 2.48. The van der Waals surface area contributed by atoms with Gasteiger partial charge in [0.1, 0.15) is 0 Å². The Bertz CT molecular complexity index is 548. The van der Waals surface area contributed by atoms with Crippen LogP contribution in [0.5, 0.6) is 0 Å². The minimum atomic E-state index is 0.674. The SMILES string of the molecule is CN1CCCCC1CNc1ccc(-c2ccccc2)cc1. The molecule has 0 amide bonds. The van der Waals surface area contributed by atoms with Crippen molar-refractivity contribution in [2.75, 3.05) is 25.5 Å². The van der Waals surface area contributed by atoms with E-state index < -0.39 is 0 Å². The molecule has 1 aliphatic rings. The largest absolute Gasteiger partial charge is 0.383 e. The summed E-state index contributed by atoms with van der Waals surface area (Å²) >= 11 is 0. The molecular weight excluding hydrogens is 256 g/mol. The van der Waals surface area contributed by atoms with Gasteiger partial charge in [-0.2, -0.15) is 0 Å². The lowest BCUT2D eigenvalue weighted by Gasteiger charge is -2.32. The Morgan fingerprint density at radius 1 is 0.952 bits per heavy atom. The first-order chi connectivity index (χ1) is 10.3. The predicted molar refractivity (Wildman–Crippen MR) is 90.6 cm³/mol. The minimum absolute atomic E-state index is 0.674. The summed E-state index contributed by atoms with van der Waals surface area (Å²) in [7, 11) is 2.24. The normalized spacial score (nSPS) is 19.4. The van der Waals surface area contributed by atoms with Gasteiger partial charge >= 0.3 is 0 Å². The molecule has 0 aromatic heterocycles. The molecule has 1 saturated heterocycles. The summed E-state index contributed by atoms with van der Waals surface area (Å²) in [5.41, 5.74) is 3.76. The molecule has 1 atom stereocenters. The second-order valence-electron chi connectivity index (χ2n) is 5.95. The first-order valence-corrected chi connectivity index (χ1v) is 7.92. The van der Waals surface area contributed by atoms with Crippen molar-refractivity contribution >= 4 is 5.69 Å². The topological polar surface area (TPSA) is 15.3 Å². The van der Waals surface area contributed by atoms with Crippen molar-refractivity contribution in [3.05, 3.63) is 54.6 Å². The maximum Gasteiger partial charge on any atom is 0.0341 e. The van der Waals surface area contributed by atoms with Crippen LogP contribution in [0.3, 0.4) is 0 Å². The summed E-state index contributed by atoms with van der Waals surface area (Å²) < 4.78 is 0. The fraction of sp³-hybridized carbons (Fsp3) is 0.368. The molecule has 0 radical (unpaired) electrons. The number of benzene rings is 2. The zero-order chi connectivity index (χ0) is 14.5. The zero-order valence-electron chi connectivity index (χ0n) is 12.8. The number of likely N-dealkylation sites (tertiary alicyclic amines) is 1. The molecule has 2 nitrogen and oxygen atoms in total. The van der Waals surface area contributed by atoms with Gasteiger partial charge in [-0.05, 0) is 49.7 Å². The third kappa shape index (κ3) is 3.64. The van der Waals surface area contributed by atoms with Crippen molar-refractivity contribution in [3.8, 4) is 11.1 Å². The molecule has 1 fully saturated rings. The number of anilines is 1. The Morgan fingerprint density at radius 2 is 1.67 bits per heavy atom. The van der Waals surface area contributed by atoms with E-state index in [4.69, 9.17) is 0 Å². The van der Waals surface area contributed by atoms with Crippen molar-refractivity contribution < 1.29 is 0 Å². The molecule has 0 bridgehead atoms. The van der Waals surface area contributed by atoms with E-state index in [0.29, 0.717) is 6.04 Å². The van der Waals surface area contributed by atoms with Gasteiger partial charge in [-0.15, -0.1) is 0 Å². The second-order valence-corrected chi connectivity index (χ2v) is 5.95. The lowest BCUT2D eigenvalue weighted by Crippen LogP contribution is -2.40. The predicted octanol–water partition coefficient (Wildman–Crippen LogP) is 4.25. The van der Waals surface area contributed by atoms with Gasteiger partial charge in [0.05, 0.1) is 0 Å². The number of hydrogen-bond donors (Lipinski definition) is 1. The van der Waals surface area contributed by atoms with Crippen LogP contribution in [-0.2, 0) is 0 Å². The Kier molecular flexibility index (Phi) is 4.56.